The molecule has 6 nitrogen and oxygen atoms in total. The van der Waals surface area contributed by atoms with Gasteiger partial charge in [0.1, 0.15) is 18.4 Å². The molecule has 1 unspecified atom stereocenters. The van der Waals surface area contributed by atoms with Gasteiger partial charge in [-0.1, -0.05) is 79.6 Å². The number of carbonyl (C=O) groups is 2. The number of unbranched alkanes of at least 4 members (excludes halogenated alkanes) is 3. The van der Waals surface area contributed by atoms with E-state index < -0.39 is 6.04 Å². The molecule has 0 saturated carbocycles. The number of nitrogens with two attached hydrogens (primary N) is 1. The Balaban J connectivity index is 1.36. The van der Waals surface area contributed by atoms with Crippen molar-refractivity contribution in [1.82, 2.24) is 10.2 Å². The number of carbonyl (C=O) groups excluding carboxylic acids is 2. The molecule has 0 aliphatic carbocycles. The van der Waals surface area contributed by atoms with Crippen molar-refractivity contribution in [3.63, 3.8) is 0 Å². The van der Waals surface area contributed by atoms with E-state index in [1.807, 2.05) is 72.8 Å². The number of hydrogen-bond donors (Lipinski definition) is 2. The Morgan fingerprint density at radius 1 is 0.838 bits per heavy atom. The van der Waals surface area contributed by atoms with Crippen LogP contribution in [0.3, 0.4) is 0 Å². The van der Waals surface area contributed by atoms with Crippen molar-refractivity contribution in [2.45, 2.75) is 57.7 Å². The monoisotopic (exact) mass is 499 g/mol. The van der Waals surface area contributed by atoms with E-state index in [-0.39, 0.29) is 18.2 Å². The number of ether oxygens (including phenoxy) is 1. The third-order valence-electron chi connectivity index (χ3n) is 6.83. The van der Waals surface area contributed by atoms with E-state index in [1.165, 1.54) is 0 Å². The minimum atomic E-state index is -0.500. The van der Waals surface area contributed by atoms with Gasteiger partial charge in [0.05, 0.1) is 6.42 Å². The van der Waals surface area contributed by atoms with Crippen LogP contribution in [0.4, 0.5) is 0 Å². The molecule has 0 saturated heterocycles. The Labute approximate surface area is 219 Å². The number of hydrogen-bond acceptors (Lipinski definition) is 4. The SMILES string of the molecule is NCCCCCCNC(=O)C1Cc2ccccc2CN1C(=O)Cc1ccc(OCc2ccccc2)cc1. The molecule has 4 rings (SSSR count). The summed E-state index contributed by atoms with van der Waals surface area (Å²) in [6, 6.07) is 25.2. The van der Waals surface area contributed by atoms with E-state index in [2.05, 4.69) is 11.4 Å². The number of amides is 2. The van der Waals surface area contributed by atoms with Crippen molar-refractivity contribution in [3.05, 3.63) is 101 Å². The van der Waals surface area contributed by atoms with Gasteiger partial charge >= 0.3 is 0 Å². The summed E-state index contributed by atoms with van der Waals surface area (Å²) in [5, 5.41) is 3.06. The number of benzene rings is 3. The van der Waals surface area contributed by atoms with E-state index in [1.54, 1.807) is 4.90 Å². The number of fused-ring (bicyclic) bond motifs is 1. The van der Waals surface area contributed by atoms with Crippen LogP contribution in [-0.4, -0.2) is 35.8 Å². The molecule has 2 amide bonds. The van der Waals surface area contributed by atoms with Crippen molar-refractivity contribution in [3.8, 4) is 5.75 Å². The van der Waals surface area contributed by atoms with Gasteiger partial charge in [-0.25, -0.2) is 0 Å². The third-order valence-corrected chi connectivity index (χ3v) is 6.83. The maximum absolute atomic E-state index is 13.4. The molecule has 3 N–H and O–H groups in total. The zero-order valence-electron chi connectivity index (χ0n) is 21.4. The quantitative estimate of drug-likeness (QED) is 0.362. The molecule has 1 aliphatic rings. The molecule has 0 radical (unpaired) electrons. The van der Waals surface area contributed by atoms with Crippen LogP contribution in [0.1, 0.15) is 47.9 Å². The molecule has 0 fully saturated rings. The van der Waals surface area contributed by atoms with Gasteiger partial charge in [0, 0.05) is 19.5 Å². The molecule has 194 valence electrons. The van der Waals surface area contributed by atoms with Crippen molar-refractivity contribution in [2.24, 2.45) is 5.73 Å². The molecule has 1 atom stereocenters. The third kappa shape index (κ3) is 7.67. The summed E-state index contributed by atoms with van der Waals surface area (Å²) in [5.41, 5.74) is 9.79. The highest BCUT2D eigenvalue weighted by Gasteiger charge is 2.34. The summed E-state index contributed by atoms with van der Waals surface area (Å²) >= 11 is 0. The van der Waals surface area contributed by atoms with Gasteiger partial charge in [0.15, 0.2) is 0 Å². The predicted octanol–water partition coefficient (Wildman–Crippen LogP) is 4.40. The van der Waals surface area contributed by atoms with Gasteiger partial charge in [-0.3, -0.25) is 9.59 Å². The molecular formula is C31H37N3O3. The normalized spacial score (nSPS) is 14.6. The first-order chi connectivity index (χ1) is 18.1. The van der Waals surface area contributed by atoms with Gasteiger partial charge in [-0.15, -0.1) is 0 Å². The molecule has 0 bridgehead atoms. The van der Waals surface area contributed by atoms with Crippen molar-refractivity contribution < 1.29 is 14.3 Å². The van der Waals surface area contributed by atoms with Crippen LogP contribution in [-0.2, 0) is 35.6 Å². The Bertz CT molecular complexity index is 1150. The second-order valence-corrected chi connectivity index (χ2v) is 9.60. The van der Waals surface area contributed by atoms with E-state index in [0.29, 0.717) is 32.7 Å². The van der Waals surface area contributed by atoms with E-state index in [9.17, 15) is 9.59 Å². The fourth-order valence-electron chi connectivity index (χ4n) is 4.69. The van der Waals surface area contributed by atoms with Crippen LogP contribution in [0, 0.1) is 0 Å². The minimum absolute atomic E-state index is 0.0458. The number of rotatable bonds is 12. The average Bonchev–Trinajstić information content (AvgIpc) is 2.94. The second-order valence-electron chi connectivity index (χ2n) is 9.60. The van der Waals surface area contributed by atoms with Gasteiger partial charge in [0.25, 0.3) is 0 Å². The number of nitrogens with one attached hydrogen (secondary N) is 1. The summed E-state index contributed by atoms with van der Waals surface area (Å²) in [7, 11) is 0. The first-order valence-corrected chi connectivity index (χ1v) is 13.2. The summed E-state index contributed by atoms with van der Waals surface area (Å²) in [4.78, 5) is 28.3. The molecular weight excluding hydrogens is 462 g/mol. The largest absolute Gasteiger partial charge is 0.489 e. The van der Waals surface area contributed by atoms with E-state index in [4.69, 9.17) is 10.5 Å². The lowest BCUT2D eigenvalue weighted by Crippen LogP contribution is -2.53. The van der Waals surface area contributed by atoms with Gasteiger partial charge < -0.3 is 20.7 Å². The predicted molar refractivity (Wildman–Crippen MR) is 146 cm³/mol. The zero-order chi connectivity index (χ0) is 25.9. The molecule has 37 heavy (non-hydrogen) atoms. The van der Waals surface area contributed by atoms with Gasteiger partial charge in [0.2, 0.25) is 11.8 Å². The highest BCUT2D eigenvalue weighted by atomic mass is 16.5. The standard InChI is InChI=1S/C31H37N3O3/c32-18-8-1-2-9-19-33-31(36)29-21-26-12-6-7-13-27(26)22-34(29)30(35)20-24-14-16-28(17-15-24)37-23-25-10-4-3-5-11-25/h3-7,10-17,29H,1-2,8-9,18-23,32H2,(H,33,36). The average molecular weight is 500 g/mol. The highest BCUT2D eigenvalue weighted by molar-refractivity contribution is 5.89. The second kappa shape index (κ2) is 13.6. The number of nitrogens with zero attached hydrogens (tertiary/aromatic N) is 1. The summed E-state index contributed by atoms with van der Waals surface area (Å²) in [6.07, 6.45) is 4.82. The van der Waals surface area contributed by atoms with Crippen LogP contribution < -0.4 is 15.8 Å². The van der Waals surface area contributed by atoms with Crippen molar-refractivity contribution >= 4 is 11.8 Å². The lowest BCUT2D eigenvalue weighted by atomic mass is 9.92. The van der Waals surface area contributed by atoms with Gasteiger partial charge in [-0.2, -0.15) is 0 Å². The van der Waals surface area contributed by atoms with Gasteiger partial charge in [-0.05, 0) is 53.8 Å². The molecule has 0 spiro atoms. The molecule has 6 heteroatoms. The smallest absolute Gasteiger partial charge is 0.243 e. The van der Waals surface area contributed by atoms with Crippen LogP contribution >= 0.6 is 0 Å². The summed E-state index contributed by atoms with van der Waals surface area (Å²) in [6.45, 7) is 2.26. The molecule has 1 heterocycles. The van der Waals surface area contributed by atoms with E-state index >= 15 is 0 Å². The Morgan fingerprint density at radius 3 is 2.30 bits per heavy atom. The topological polar surface area (TPSA) is 84.7 Å². The lowest BCUT2D eigenvalue weighted by Gasteiger charge is -2.36. The maximum Gasteiger partial charge on any atom is 0.243 e. The highest BCUT2D eigenvalue weighted by Crippen LogP contribution is 2.25. The van der Waals surface area contributed by atoms with E-state index in [0.717, 1.165) is 53.7 Å². The van der Waals surface area contributed by atoms with Crippen molar-refractivity contribution in [1.29, 1.82) is 0 Å². The molecule has 0 aromatic heterocycles. The maximum atomic E-state index is 13.4. The Kier molecular flexibility index (Phi) is 9.72. The molecule has 1 aliphatic heterocycles. The molecule has 3 aromatic carbocycles. The first-order valence-electron chi connectivity index (χ1n) is 13.2. The molecule has 3 aromatic rings. The summed E-state index contributed by atoms with van der Waals surface area (Å²) < 4.78 is 5.87. The van der Waals surface area contributed by atoms with Crippen LogP contribution in [0.2, 0.25) is 0 Å². The van der Waals surface area contributed by atoms with Crippen molar-refractivity contribution in [2.75, 3.05) is 13.1 Å². The Morgan fingerprint density at radius 2 is 1.54 bits per heavy atom. The minimum Gasteiger partial charge on any atom is -0.489 e. The Hall–Kier alpha value is -3.64. The first kappa shape index (κ1) is 26.4. The van der Waals surface area contributed by atoms with Crippen LogP contribution in [0.25, 0.3) is 0 Å². The fraction of sp³-hybridized carbons (Fsp3) is 0.355. The summed E-state index contributed by atoms with van der Waals surface area (Å²) in [5.74, 6) is 0.637. The van der Waals surface area contributed by atoms with Crippen LogP contribution in [0.15, 0.2) is 78.9 Å². The fourth-order valence-corrected chi connectivity index (χ4v) is 4.69. The van der Waals surface area contributed by atoms with Crippen LogP contribution in [0.5, 0.6) is 5.75 Å². The zero-order valence-corrected chi connectivity index (χ0v) is 21.4. The lowest BCUT2D eigenvalue weighted by molar-refractivity contribution is -0.141.